The van der Waals surface area contributed by atoms with Crippen molar-refractivity contribution >= 4 is 0 Å². The molecule has 240 valence electrons. The third-order valence-corrected chi connectivity index (χ3v) is 10.0. The first kappa shape index (κ1) is 34.1. The molecule has 2 aliphatic rings. The molecule has 1 aromatic carbocycles. The van der Waals surface area contributed by atoms with Crippen molar-refractivity contribution in [2.45, 2.75) is 122 Å². The first-order valence-electron chi connectivity index (χ1n) is 17.5. The number of rotatable bonds is 13. The predicted octanol–water partition coefficient (Wildman–Crippen LogP) is 11.1. The third-order valence-electron chi connectivity index (χ3n) is 10.0. The van der Waals surface area contributed by atoms with Gasteiger partial charge in [-0.15, -0.1) is 0 Å². The van der Waals surface area contributed by atoms with Gasteiger partial charge in [0.1, 0.15) is 5.75 Å². The molecule has 0 N–H and O–H groups in total. The summed E-state index contributed by atoms with van der Waals surface area (Å²) in [6, 6.07) is 15.4. The first-order chi connectivity index (χ1) is 21.5. The van der Waals surface area contributed by atoms with Crippen molar-refractivity contribution in [2.24, 2.45) is 17.8 Å². The quantitative estimate of drug-likeness (QED) is 0.144. The van der Waals surface area contributed by atoms with Gasteiger partial charge < -0.3 is 4.74 Å². The Balaban J connectivity index is 0.000000223. The lowest BCUT2D eigenvalue weighted by Crippen LogP contribution is -2.14. The highest BCUT2D eigenvalue weighted by Crippen LogP contribution is 2.38. The monoisotopic (exact) mass is 604 g/mol. The topological polar surface area (TPSA) is 35.0 Å². The van der Waals surface area contributed by atoms with Gasteiger partial charge in [-0.2, -0.15) is 8.78 Å². The summed E-state index contributed by atoms with van der Waals surface area (Å²) < 4.78 is 31.4. The number of aromatic nitrogens is 2. The minimum atomic E-state index is -0.392. The van der Waals surface area contributed by atoms with Crippen LogP contribution in [0.3, 0.4) is 0 Å². The van der Waals surface area contributed by atoms with E-state index >= 15 is 0 Å². The fourth-order valence-electron chi connectivity index (χ4n) is 6.94. The number of pyridine rings is 2. The maximum absolute atomic E-state index is 12.9. The van der Waals surface area contributed by atoms with Gasteiger partial charge >= 0.3 is 0 Å². The van der Waals surface area contributed by atoms with Crippen molar-refractivity contribution in [3.8, 4) is 5.75 Å². The van der Waals surface area contributed by atoms with Crippen LogP contribution < -0.4 is 4.74 Å². The summed E-state index contributed by atoms with van der Waals surface area (Å²) in [5, 5.41) is 0. The smallest absolute Gasteiger partial charge is 0.212 e. The molecule has 3 nitrogen and oxygen atoms in total. The van der Waals surface area contributed by atoms with Crippen molar-refractivity contribution in [1.82, 2.24) is 9.97 Å². The molecule has 0 spiro atoms. The summed E-state index contributed by atoms with van der Waals surface area (Å²) in [6.45, 7) is 5.33. The number of hydrogen-bond donors (Lipinski definition) is 0. The van der Waals surface area contributed by atoms with Crippen molar-refractivity contribution in [3.05, 3.63) is 89.5 Å². The van der Waals surface area contributed by atoms with Crippen LogP contribution >= 0.6 is 0 Å². The maximum Gasteiger partial charge on any atom is 0.212 e. The van der Waals surface area contributed by atoms with Gasteiger partial charge in [0.05, 0.1) is 6.61 Å². The minimum absolute atomic E-state index is 0.378. The van der Waals surface area contributed by atoms with E-state index in [0.717, 1.165) is 54.9 Å². The summed E-state index contributed by atoms with van der Waals surface area (Å²) in [4.78, 5) is 7.45. The summed E-state index contributed by atoms with van der Waals surface area (Å²) >= 11 is 0. The van der Waals surface area contributed by atoms with Crippen LogP contribution in [0, 0.1) is 29.6 Å². The Hall–Kier alpha value is -2.82. The van der Waals surface area contributed by atoms with Crippen LogP contribution in [0.15, 0.2) is 60.9 Å². The summed E-state index contributed by atoms with van der Waals surface area (Å²) in [5.41, 5.74) is 3.77. The van der Waals surface area contributed by atoms with E-state index in [1.165, 1.54) is 107 Å². The van der Waals surface area contributed by atoms with E-state index in [9.17, 15) is 8.78 Å². The van der Waals surface area contributed by atoms with E-state index in [2.05, 4.69) is 48.1 Å². The Bertz CT molecular complexity index is 1170. The molecule has 0 saturated heterocycles. The molecule has 0 amide bonds. The summed E-state index contributed by atoms with van der Waals surface area (Å²) in [5.74, 6) is 3.54. The van der Waals surface area contributed by atoms with Crippen molar-refractivity contribution in [1.29, 1.82) is 0 Å². The Kier molecular flexibility index (Phi) is 14.6. The zero-order chi connectivity index (χ0) is 31.0. The van der Waals surface area contributed by atoms with Gasteiger partial charge in [0.25, 0.3) is 0 Å². The molecule has 0 unspecified atom stereocenters. The minimum Gasteiger partial charge on any atom is -0.494 e. The predicted molar refractivity (Wildman–Crippen MR) is 177 cm³/mol. The molecule has 2 saturated carbocycles. The second-order valence-corrected chi connectivity index (χ2v) is 13.2. The van der Waals surface area contributed by atoms with Crippen LogP contribution in [0.4, 0.5) is 8.78 Å². The Labute approximate surface area is 265 Å². The zero-order valence-electron chi connectivity index (χ0n) is 27.2. The van der Waals surface area contributed by atoms with Crippen molar-refractivity contribution in [2.75, 3.05) is 6.61 Å². The van der Waals surface area contributed by atoms with Gasteiger partial charge in [0.2, 0.25) is 11.9 Å². The van der Waals surface area contributed by atoms with Crippen LogP contribution in [-0.4, -0.2) is 16.6 Å². The van der Waals surface area contributed by atoms with Crippen molar-refractivity contribution < 1.29 is 13.5 Å². The molecule has 44 heavy (non-hydrogen) atoms. The average Bonchev–Trinajstić information content (AvgIpc) is 3.07. The van der Waals surface area contributed by atoms with E-state index in [4.69, 9.17) is 4.74 Å². The van der Waals surface area contributed by atoms with E-state index in [0.29, 0.717) is 5.92 Å². The third kappa shape index (κ3) is 11.9. The van der Waals surface area contributed by atoms with Crippen LogP contribution in [0.1, 0.15) is 126 Å². The highest BCUT2D eigenvalue weighted by molar-refractivity contribution is 5.29. The number of nitrogens with zero attached hydrogens (tertiary/aromatic N) is 2. The van der Waals surface area contributed by atoms with Crippen LogP contribution in [0.5, 0.6) is 5.75 Å². The van der Waals surface area contributed by atoms with Gasteiger partial charge in [-0.3, -0.25) is 0 Å². The fourth-order valence-corrected chi connectivity index (χ4v) is 6.94. The van der Waals surface area contributed by atoms with Gasteiger partial charge in [-0.25, -0.2) is 9.97 Å². The number of benzene rings is 1. The second-order valence-electron chi connectivity index (χ2n) is 13.2. The Morgan fingerprint density at radius 1 is 0.636 bits per heavy atom. The van der Waals surface area contributed by atoms with Crippen molar-refractivity contribution in [3.63, 3.8) is 0 Å². The fraction of sp³-hybridized carbons (Fsp3) is 0.590. The van der Waals surface area contributed by atoms with Gasteiger partial charge in [-0.1, -0.05) is 83.1 Å². The highest BCUT2D eigenvalue weighted by Gasteiger charge is 2.22. The molecule has 2 heterocycles. The molecule has 2 aromatic heterocycles. The molecule has 0 aliphatic heterocycles. The van der Waals surface area contributed by atoms with E-state index in [1.807, 2.05) is 12.1 Å². The van der Waals surface area contributed by atoms with Crippen LogP contribution in [0.25, 0.3) is 0 Å². The lowest BCUT2D eigenvalue weighted by atomic mass is 9.77. The molecule has 5 rings (SSSR count). The molecule has 0 bridgehead atoms. The average molecular weight is 605 g/mol. The zero-order valence-corrected chi connectivity index (χ0v) is 27.2. The second kappa shape index (κ2) is 18.9. The Morgan fingerprint density at radius 2 is 1.16 bits per heavy atom. The summed E-state index contributed by atoms with van der Waals surface area (Å²) in [7, 11) is 0. The maximum atomic E-state index is 12.9. The molecule has 2 aliphatic carbocycles. The number of hydrogen-bond acceptors (Lipinski definition) is 3. The normalized spacial score (nSPS) is 21.7. The van der Waals surface area contributed by atoms with E-state index < -0.39 is 5.95 Å². The standard InChI is InChI=1S/C24H32FNO.C15H22FN/c1-2-3-4-17-27-23-14-12-22(13-15-23)21-10-7-19(8-11-21)5-6-20-9-16-24(25)26-18-20;1-2-12-3-5-13(6-4-12)7-8-14-9-10-15(16)17-11-14/h9,12-16,18-19,21H,2-8,10-11,17H2,1H3;9-13H,2-8H2,1H3. The molecule has 2 fully saturated rings. The summed E-state index contributed by atoms with van der Waals surface area (Å²) in [6.07, 6.45) is 23.5. The number of aryl methyl sites for hydroxylation is 2. The molecule has 0 radical (unpaired) electrons. The number of unbranched alkanes of at least 4 members (excludes halogenated alkanes) is 2. The molecular weight excluding hydrogens is 550 g/mol. The highest BCUT2D eigenvalue weighted by atomic mass is 19.1. The molecule has 5 heteroatoms. The van der Waals surface area contributed by atoms with Crippen LogP contribution in [0.2, 0.25) is 0 Å². The molecular formula is C39H54F2N2O. The Morgan fingerprint density at radius 3 is 1.64 bits per heavy atom. The van der Waals surface area contributed by atoms with Crippen LogP contribution in [-0.2, 0) is 12.8 Å². The number of halogens is 2. The molecule has 0 atom stereocenters. The van der Waals surface area contributed by atoms with Gasteiger partial charge in [0.15, 0.2) is 0 Å². The van der Waals surface area contributed by atoms with E-state index in [1.54, 1.807) is 12.4 Å². The number of ether oxygens (including phenoxy) is 1. The largest absolute Gasteiger partial charge is 0.494 e. The van der Waals surface area contributed by atoms with Gasteiger partial charge in [0, 0.05) is 12.4 Å². The molecule has 3 aromatic rings. The first-order valence-corrected chi connectivity index (χ1v) is 17.5. The van der Waals surface area contributed by atoms with Gasteiger partial charge in [-0.05, 0) is 122 Å². The SMILES string of the molecule is CCC1CCC(CCc2ccc(F)nc2)CC1.CCCCCOc1ccc(C2CCC(CCc3ccc(F)nc3)CC2)cc1. The lowest BCUT2D eigenvalue weighted by Gasteiger charge is -2.29. The lowest BCUT2D eigenvalue weighted by molar-refractivity contribution is 0.258. The van der Waals surface area contributed by atoms with E-state index in [-0.39, 0.29) is 5.95 Å².